The summed E-state index contributed by atoms with van der Waals surface area (Å²) in [6.07, 6.45) is 0.738. The van der Waals surface area contributed by atoms with E-state index in [1.807, 2.05) is 24.3 Å². The average Bonchev–Trinajstić information content (AvgIpc) is 3.23. The van der Waals surface area contributed by atoms with E-state index in [-0.39, 0.29) is 17.7 Å². The maximum absolute atomic E-state index is 12.7. The monoisotopic (exact) mass is 420 g/mol. The van der Waals surface area contributed by atoms with Crippen molar-refractivity contribution in [2.75, 3.05) is 10.6 Å². The number of hydrogen-bond donors (Lipinski definition) is 2. The lowest BCUT2D eigenvalue weighted by Gasteiger charge is -2.25. The zero-order chi connectivity index (χ0) is 20.5. The molecule has 0 heterocycles. The van der Waals surface area contributed by atoms with Gasteiger partial charge in [-0.3, -0.25) is 9.59 Å². The highest BCUT2D eigenvalue weighted by atomic mass is 35.5. The molecule has 3 rings (SSSR count). The largest absolute Gasteiger partial charge is 0.478 e. The van der Waals surface area contributed by atoms with Crippen molar-refractivity contribution < 1.29 is 14.3 Å². The number of benzene rings is 2. The van der Waals surface area contributed by atoms with Crippen LogP contribution in [0.5, 0.6) is 5.75 Å². The lowest BCUT2D eigenvalue weighted by molar-refractivity contribution is -0.128. The Kier molecular flexibility index (Phi) is 5.60. The molecule has 0 unspecified atom stereocenters. The third-order valence-corrected chi connectivity index (χ3v) is 5.30. The van der Waals surface area contributed by atoms with Crippen LogP contribution in [0.2, 0.25) is 0 Å². The second-order valence-corrected chi connectivity index (χ2v) is 8.96. The third-order valence-electron chi connectivity index (χ3n) is 4.47. The van der Waals surface area contributed by atoms with E-state index in [4.69, 9.17) is 27.9 Å². The zero-order valence-electron chi connectivity index (χ0n) is 15.9. The maximum atomic E-state index is 12.7. The first-order chi connectivity index (χ1) is 13.1. The minimum Gasteiger partial charge on any atom is -0.478 e. The van der Waals surface area contributed by atoms with Crippen LogP contribution in [0, 0.1) is 0 Å². The van der Waals surface area contributed by atoms with E-state index in [1.165, 1.54) is 6.92 Å². The Morgan fingerprint density at radius 2 is 1.64 bits per heavy atom. The summed E-state index contributed by atoms with van der Waals surface area (Å²) in [6.45, 7) is 4.81. The molecule has 148 valence electrons. The van der Waals surface area contributed by atoms with Gasteiger partial charge in [0, 0.05) is 24.2 Å². The van der Waals surface area contributed by atoms with Gasteiger partial charge in [0.1, 0.15) is 10.1 Å². The normalized spacial score (nSPS) is 17.5. The fourth-order valence-corrected chi connectivity index (χ4v) is 3.40. The molecule has 1 atom stereocenters. The van der Waals surface area contributed by atoms with Crippen molar-refractivity contribution in [1.82, 2.24) is 0 Å². The van der Waals surface area contributed by atoms with Gasteiger partial charge >= 0.3 is 0 Å². The second kappa shape index (κ2) is 7.64. The molecule has 2 aromatic rings. The molecule has 1 fully saturated rings. The number of ether oxygens (including phenoxy) is 1. The van der Waals surface area contributed by atoms with E-state index >= 15 is 0 Å². The van der Waals surface area contributed by atoms with Gasteiger partial charge in [0.2, 0.25) is 5.91 Å². The highest BCUT2D eigenvalue weighted by Crippen LogP contribution is 2.59. The molecular formula is C21H22Cl2N2O3. The first-order valence-corrected chi connectivity index (χ1v) is 9.68. The standard InChI is InChI=1S/C21H22Cl2N2O3/c1-13(26)24-15-5-4-6-16(11-15)25-19(27)20(2,3)28-17-9-7-14(8-10-17)18-12-21(18,22)23/h4-11,18H,12H2,1-3H3,(H,24,26)(H,25,27)/t18-/m0/s1. The number of hydrogen-bond acceptors (Lipinski definition) is 3. The Morgan fingerprint density at radius 3 is 2.18 bits per heavy atom. The maximum Gasteiger partial charge on any atom is 0.267 e. The number of halogens is 2. The van der Waals surface area contributed by atoms with Crippen molar-refractivity contribution in [3.8, 4) is 5.75 Å². The van der Waals surface area contributed by atoms with Crippen molar-refractivity contribution in [3.05, 3.63) is 54.1 Å². The van der Waals surface area contributed by atoms with Crippen molar-refractivity contribution in [3.63, 3.8) is 0 Å². The summed E-state index contributed by atoms with van der Waals surface area (Å²) in [4.78, 5) is 23.9. The minimum atomic E-state index is -1.10. The summed E-state index contributed by atoms with van der Waals surface area (Å²) in [5, 5.41) is 5.50. The Morgan fingerprint density at radius 1 is 1.07 bits per heavy atom. The fraction of sp³-hybridized carbons (Fsp3) is 0.333. The van der Waals surface area contributed by atoms with Crippen LogP contribution >= 0.6 is 23.2 Å². The first-order valence-electron chi connectivity index (χ1n) is 8.93. The molecule has 0 aliphatic heterocycles. The summed E-state index contributed by atoms with van der Waals surface area (Å²) in [5.74, 6) is 0.227. The van der Waals surface area contributed by atoms with Gasteiger partial charge in [-0.25, -0.2) is 0 Å². The van der Waals surface area contributed by atoms with Crippen molar-refractivity contribution in [2.45, 2.75) is 43.0 Å². The molecule has 2 N–H and O–H groups in total. The SMILES string of the molecule is CC(=O)Nc1cccc(NC(=O)C(C)(C)Oc2ccc([C@@H]3CC3(Cl)Cl)cc2)c1. The molecule has 2 aromatic carbocycles. The van der Waals surface area contributed by atoms with Gasteiger partial charge in [-0.15, -0.1) is 23.2 Å². The Balaban J connectivity index is 1.64. The molecule has 1 aliphatic rings. The first kappa shape index (κ1) is 20.5. The Hall–Kier alpha value is -2.24. The Bertz CT molecular complexity index is 895. The highest BCUT2D eigenvalue weighted by molar-refractivity contribution is 6.51. The van der Waals surface area contributed by atoms with Gasteiger partial charge in [0.25, 0.3) is 5.91 Å². The topological polar surface area (TPSA) is 67.4 Å². The summed E-state index contributed by atoms with van der Waals surface area (Å²) >= 11 is 12.2. The number of alkyl halides is 2. The molecule has 28 heavy (non-hydrogen) atoms. The van der Waals surface area contributed by atoms with Gasteiger partial charge in [-0.05, 0) is 56.2 Å². The van der Waals surface area contributed by atoms with E-state index < -0.39 is 9.93 Å². The molecule has 1 aliphatic carbocycles. The van der Waals surface area contributed by atoms with Gasteiger partial charge in [0.05, 0.1) is 0 Å². The van der Waals surface area contributed by atoms with Gasteiger partial charge in [0.15, 0.2) is 5.60 Å². The summed E-state index contributed by atoms with van der Waals surface area (Å²) in [5.41, 5.74) is 1.12. The smallest absolute Gasteiger partial charge is 0.267 e. The predicted molar refractivity (Wildman–Crippen MR) is 112 cm³/mol. The number of amides is 2. The molecule has 7 heteroatoms. The second-order valence-electron chi connectivity index (χ2n) is 7.42. The van der Waals surface area contributed by atoms with Gasteiger partial charge in [-0.1, -0.05) is 18.2 Å². The van der Waals surface area contributed by atoms with Crippen LogP contribution in [0.3, 0.4) is 0 Å². The number of anilines is 2. The van der Waals surface area contributed by atoms with Crippen molar-refractivity contribution >= 4 is 46.4 Å². The zero-order valence-corrected chi connectivity index (χ0v) is 17.4. The summed E-state index contributed by atoms with van der Waals surface area (Å²) in [7, 11) is 0. The quantitative estimate of drug-likeness (QED) is 0.638. The molecule has 0 spiro atoms. The van der Waals surface area contributed by atoms with E-state index in [0.29, 0.717) is 17.1 Å². The summed E-state index contributed by atoms with van der Waals surface area (Å²) < 4.78 is 5.22. The number of nitrogens with one attached hydrogen (secondary N) is 2. The number of carbonyl (C=O) groups is 2. The molecular weight excluding hydrogens is 399 g/mol. The molecule has 2 amide bonds. The Labute approximate surface area is 174 Å². The molecule has 0 saturated heterocycles. The van der Waals surface area contributed by atoms with Crippen LogP contribution in [-0.4, -0.2) is 21.7 Å². The number of rotatable bonds is 6. The van der Waals surface area contributed by atoms with E-state index in [2.05, 4.69) is 10.6 Å². The predicted octanol–water partition coefficient (Wildman–Crippen LogP) is 5.10. The minimum absolute atomic E-state index is 0.136. The van der Waals surface area contributed by atoms with Gasteiger partial charge in [-0.2, -0.15) is 0 Å². The van der Waals surface area contributed by atoms with Gasteiger partial charge < -0.3 is 15.4 Å². The van der Waals surface area contributed by atoms with E-state index in [0.717, 1.165) is 12.0 Å². The van der Waals surface area contributed by atoms with Crippen molar-refractivity contribution in [1.29, 1.82) is 0 Å². The molecule has 5 nitrogen and oxygen atoms in total. The lowest BCUT2D eigenvalue weighted by Crippen LogP contribution is -2.42. The van der Waals surface area contributed by atoms with E-state index in [9.17, 15) is 9.59 Å². The molecule has 0 radical (unpaired) electrons. The van der Waals surface area contributed by atoms with Crippen LogP contribution in [0.1, 0.15) is 38.7 Å². The third kappa shape index (κ3) is 4.97. The lowest BCUT2D eigenvalue weighted by atomic mass is 10.1. The van der Waals surface area contributed by atoms with Crippen LogP contribution in [-0.2, 0) is 9.59 Å². The molecule has 1 saturated carbocycles. The average molecular weight is 421 g/mol. The van der Waals surface area contributed by atoms with Crippen LogP contribution < -0.4 is 15.4 Å². The number of carbonyl (C=O) groups excluding carboxylic acids is 2. The summed E-state index contributed by atoms with van der Waals surface area (Å²) in [6, 6.07) is 14.4. The van der Waals surface area contributed by atoms with E-state index in [1.54, 1.807) is 38.1 Å². The van der Waals surface area contributed by atoms with Crippen LogP contribution in [0.25, 0.3) is 0 Å². The molecule has 0 bridgehead atoms. The fourth-order valence-electron chi connectivity index (χ4n) is 2.84. The highest BCUT2D eigenvalue weighted by Gasteiger charge is 2.52. The van der Waals surface area contributed by atoms with Crippen molar-refractivity contribution in [2.24, 2.45) is 0 Å². The molecule has 0 aromatic heterocycles. The van der Waals surface area contributed by atoms with Crippen LogP contribution in [0.4, 0.5) is 11.4 Å². The van der Waals surface area contributed by atoms with Crippen LogP contribution in [0.15, 0.2) is 48.5 Å².